The summed E-state index contributed by atoms with van der Waals surface area (Å²) in [6.45, 7) is 3.01. The van der Waals surface area contributed by atoms with E-state index in [2.05, 4.69) is 10.4 Å². The zero-order valence-corrected chi connectivity index (χ0v) is 15.8. The van der Waals surface area contributed by atoms with Crippen molar-refractivity contribution in [2.45, 2.75) is 13.5 Å². The Morgan fingerprint density at radius 2 is 1.89 bits per heavy atom. The Balaban J connectivity index is 1.54. The number of carbonyl (C=O) groups excluding carboxylic acids is 1. The minimum absolute atomic E-state index is 0.219. The molecule has 1 amide bonds. The van der Waals surface area contributed by atoms with Gasteiger partial charge in [0, 0.05) is 11.8 Å². The van der Waals surface area contributed by atoms with Crippen LogP contribution in [0, 0.1) is 12.7 Å². The predicted octanol–water partition coefficient (Wildman–Crippen LogP) is 4.06. The number of nitrogens with zero attached hydrogens (tertiary/aromatic N) is 2. The van der Waals surface area contributed by atoms with Gasteiger partial charge in [-0.15, -0.1) is 0 Å². The number of anilines is 1. The molecule has 0 spiro atoms. The van der Waals surface area contributed by atoms with Crippen LogP contribution in [0.1, 0.15) is 21.6 Å². The third-order valence-electron chi connectivity index (χ3n) is 4.34. The highest BCUT2D eigenvalue weighted by molar-refractivity contribution is 6.33. The Labute approximate surface area is 165 Å². The standard InChI is InChI=1S/C20H17ClFN3O3/c1-12-18(19(21)25(24-12)11-13-2-4-14(22)5-3-13)20(26)23-15-6-7-16-17(10-15)28-9-8-27-16/h2-7,10H,8-9,11H2,1H3,(H,23,26). The summed E-state index contributed by atoms with van der Waals surface area (Å²) in [5.74, 6) is 0.542. The van der Waals surface area contributed by atoms with Crippen LogP contribution in [-0.2, 0) is 6.54 Å². The normalized spacial score (nSPS) is 12.7. The van der Waals surface area contributed by atoms with Gasteiger partial charge in [0.2, 0.25) is 0 Å². The molecule has 2 aromatic carbocycles. The SMILES string of the molecule is Cc1nn(Cc2ccc(F)cc2)c(Cl)c1C(=O)Nc1ccc2c(c1)OCCO2. The van der Waals surface area contributed by atoms with Crippen molar-refractivity contribution in [2.75, 3.05) is 18.5 Å². The summed E-state index contributed by atoms with van der Waals surface area (Å²) in [7, 11) is 0. The van der Waals surface area contributed by atoms with E-state index in [9.17, 15) is 9.18 Å². The van der Waals surface area contributed by atoms with Crippen molar-refractivity contribution in [1.29, 1.82) is 0 Å². The maximum Gasteiger partial charge on any atom is 0.260 e. The first-order valence-corrected chi connectivity index (χ1v) is 9.07. The average molecular weight is 402 g/mol. The van der Waals surface area contributed by atoms with Gasteiger partial charge in [-0.05, 0) is 36.8 Å². The van der Waals surface area contributed by atoms with E-state index in [1.54, 1.807) is 37.3 Å². The van der Waals surface area contributed by atoms with Gasteiger partial charge in [0.25, 0.3) is 5.91 Å². The zero-order valence-electron chi connectivity index (χ0n) is 15.0. The fourth-order valence-corrected chi connectivity index (χ4v) is 3.31. The summed E-state index contributed by atoms with van der Waals surface area (Å²) >= 11 is 6.41. The highest BCUT2D eigenvalue weighted by atomic mass is 35.5. The number of hydrogen-bond acceptors (Lipinski definition) is 4. The fourth-order valence-electron chi connectivity index (χ4n) is 2.99. The number of aryl methyl sites for hydroxylation is 1. The number of aromatic nitrogens is 2. The molecular formula is C20H17ClFN3O3. The molecular weight excluding hydrogens is 385 g/mol. The van der Waals surface area contributed by atoms with Gasteiger partial charge in [0.15, 0.2) is 11.5 Å². The van der Waals surface area contributed by atoms with Gasteiger partial charge in [0.05, 0.1) is 17.8 Å². The van der Waals surface area contributed by atoms with Crippen LogP contribution < -0.4 is 14.8 Å². The summed E-state index contributed by atoms with van der Waals surface area (Å²) in [5, 5.41) is 7.38. The van der Waals surface area contributed by atoms with E-state index in [0.717, 1.165) is 5.56 Å². The van der Waals surface area contributed by atoms with Gasteiger partial charge in [-0.3, -0.25) is 4.79 Å². The van der Waals surface area contributed by atoms with Crippen LogP contribution >= 0.6 is 11.6 Å². The van der Waals surface area contributed by atoms with E-state index >= 15 is 0 Å². The van der Waals surface area contributed by atoms with E-state index in [4.69, 9.17) is 21.1 Å². The second-order valence-electron chi connectivity index (χ2n) is 6.35. The molecule has 28 heavy (non-hydrogen) atoms. The van der Waals surface area contributed by atoms with E-state index in [-0.39, 0.29) is 16.9 Å². The third kappa shape index (κ3) is 3.66. The molecule has 3 aromatic rings. The zero-order chi connectivity index (χ0) is 19.7. The minimum Gasteiger partial charge on any atom is -0.486 e. The molecule has 0 unspecified atom stereocenters. The number of amides is 1. The lowest BCUT2D eigenvalue weighted by atomic mass is 10.2. The molecule has 1 aliphatic heterocycles. The van der Waals surface area contributed by atoms with Crippen LogP contribution in [0.3, 0.4) is 0 Å². The first kappa shape index (κ1) is 18.3. The highest BCUT2D eigenvalue weighted by Crippen LogP contribution is 2.33. The number of benzene rings is 2. The molecule has 6 nitrogen and oxygen atoms in total. The molecule has 0 bridgehead atoms. The molecule has 4 rings (SSSR count). The molecule has 1 N–H and O–H groups in total. The van der Waals surface area contributed by atoms with Crippen LogP contribution in [0.2, 0.25) is 5.15 Å². The molecule has 2 heterocycles. The molecule has 1 aromatic heterocycles. The topological polar surface area (TPSA) is 65.4 Å². The smallest absolute Gasteiger partial charge is 0.260 e. The summed E-state index contributed by atoms with van der Waals surface area (Å²) in [5.41, 5.74) is 2.18. The maximum atomic E-state index is 13.1. The van der Waals surface area contributed by atoms with Crippen molar-refractivity contribution in [3.63, 3.8) is 0 Å². The summed E-state index contributed by atoms with van der Waals surface area (Å²) in [6.07, 6.45) is 0. The highest BCUT2D eigenvalue weighted by Gasteiger charge is 2.21. The number of rotatable bonds is 4. The molecule has 0 atom stereocenters. The van der Waals surface area contributed by atoms with E-state index in [1.807, 2.05) is 0 Å². The van der Waals surface area contributed by atoms with Crippen molar-refractivity contribution < 1.29 is 18.7 Å². The monoisotopic (exact) mass is 401 g/mol. The number of carbonyl (C=O) groups is 1. The van der Waals surface area contributed by atoms with Gasteiger partial charge >= 0.3 is 0 Å². The van der Waals surface area contributed by atoms with Gasteiger partial charge in [-0.25, -0.2) is 9.07 Å². The molecule has 1 aliphatic rings. The van der Waals surface area contributed by atoms with E-state index in [0.29, 0.717) is 48.2 Å². The summed E-state index contributed by atoms with van der Waals surface area (Å²) < 4.78 is 25.6. The Bertz CT molecular complexity index is 1030. The summed E-state index contributed by atoms with van der Waals surface area (Å²) in [6, 6.07) is 11.2. The van der Waals surface area contributed by atoms with E-state index in [1.165, 1.54) is 16.8 Å². The van der Waals surface area contributed by atoms with Crippen LogP contribution in [-0.4, -0.2) is 28.9 Å². The second-order valence-corrected chi connectivity index (χ2v) is 6.71. The van der Waals surface area contributed by atoms with E-state index < -0.39 is 0 Å². The second kappa shape index (κ2) is 7.52. The maximum absolute atomic E-state index is 13.1. The lowest BCUT2D eigenvalue weighted by molar-refractivity contribution is 0.102. The van der Waals surface area contributed by atoms with Crippen molar-refractivity contribution in [3.05, 3.63) is 70.3 Å². The lowest BCUT2D eigenvalue weighted by Crippen LogP contribution is -2.17. The van der Waals surface area contributed by atoms with Gasteiger partial charge < -0.3 is 14.8 Å². The number of fused-ring (bicyclic) bond motifs is 1. The van der Waals surface area contributed by atoms with Crippen LogP contribution in [0.4, 0.5) is 10.1 Å². The fraction of sp³-hybridized carbons (Fsp3) is 0.200. The molecule has 0 saturated heterocycles. The van der Waals surface area contributed by atoms with Crippen molar-refractivity contribution in [2.24, 2.45) is 0 Å². The van der Waals surface area contributed by atoms with Gasteiger partial charge in [0.1, 0.15) is 24.2 Å². The number of halogens is 2. The number of hydrogen-bond donors (Lipinski definition) is 1. The quantitative estimate of drug-likeness (QED) is 0.716. The lowest BCUT2D eigenvalue weighted by Gasteiger charge is -2.19. The van der Waals surface area contributed by atoms with Crippen LogP contribution in [0.15, 0.2) is 42.5 Å². The molecule has 8 heteroatoms. The molecule has 0 fully saturated rings. The average Bonchev–Trinajstić information content (AvgIpc) is 2.96. The minimum atomic E-state index is -0.371. The van der Waals surface area contributed by atoms with Crippen LogP contribution in [0.25, 0.3) is 0 Å². The first-order chi connectivity index (χ1) is 13.5. The summed E-state index contributed by atoms with van der Waals surface area (Å²) in [4.78, 5) is 12.8. The first-order valence-electron chi connectivity index (χ1n) is 8.69. The van der Waals surface area contributed by atoms with Crippen molar-refractivity contribution in [3.8, 4) is 11.5 Å². The Morgan fingerprint density at radius 1 is 1.18 bits per heavy atom. The third-order valence-corrected chi connectivity index (χ3v) is 4.72. The number of ether oxygens (including phenoxy) is 2. The van der Waals surface area contributed by atoms with Crippen LogP contribution in [0.5, 0.6) is 11.5 Å². The Morgan fingerprint density at radius 3 is 2.64 bits per heavy atom. The largest absolute Gasteiger partial charge is 0.486 e. The number of nitrogens with one attached hydrogen (secondary N) is 1. The molecule has 0 aliphatic carbocycles. The predicted molar refractivity (Wildman–Crippen MR) is 103 cm³/mol. The van der Waals surface area contributed by atoms with Gasteiger partial charge in [-0.2, -0.15) is 5.10 Å². The molecule has 0 radical (unpaired) electrons. The molecule has 0 saturated carbocycles. The Hall–Kier alpha value is -3.06. The Kier molecular flexibility index (Phi) is 4.92. The van der Waals surface area contributed by atoms with Gasteiger partial charge in [-0.1, -0.05) is 23.7 Å². The van der Waals surface area contributed by atoms with Crippen molar-refractivity contribution in [1.82, 2.24) is 9.78 Å². The molecule has 144 valence electrons. The van der Waals surface area contributed by atoms with Crippen molar-refractivity contribution >= 4 is 23.2 Å².